The number of hydrogen-bond donors (Lipinski definition) is 2. The SMILES string of the molecule is CSc1cc2c3c(cc(O)c2cc1O)C1(CC(C)(C)CC(C)(C)C1)c1ccccc1-3. The Morgan fingerprint density at radius 3 is 2.10 bits per heavy atom. The van der Waals surface area contributed by atoms with Crippen molar-refractivity contribution in [2.24, 2.45) is 10.8 Å². The van der Waals surface area contributed by atoms with Crippen molar-refractivity contribution in [1.29, 1.82) is 0 Å². The van der Waals surface area contributed by atoms with E-state index in [2.05, 4.69) is 58.0 Å². The zero-order valence-corrected chi connectivity index (χ0v) is 19.3. The largest absolute Gasteiger partial charge is 0.507 e. The van der Waals surface area contributed by atoms with Crippen molar-refractivity contribution in [3.05, 3.63) is 53.6 Å². The lowest BCUT2D eigenvalue weighted by atomic mass is 9.52. The molecule has 2 aliphatic carbocycles. The van der Waals surface area contributed by atoms with E-state index >= 15 is 0 Å². The van der Waals surface area contributed by atoms with Crippen LogP contribution in [0, 0.1) is 10.8 Å². The van der Waals surface area contributed by atoms with E-state index in [0.717, 1.165) is 28.5 Å². The second-order valence-electron chi connectivity index (χ2n) is 10.9. The van der Waals surface area contributed by atoms with Crippen LogP contribution in [0.1, 0.15) is 58.1 Å². The molecule has 0 saturated heterocycles. The van der Waals surface area contributed by atoms with Crippen molar-refractivity contribution in [2.45, 2.75) is 57.3 Å². The minimum atomic E-state index is -0.0970. The molecular formula is C27H30O2S. The van der Waals surface area contributed by atoms with E-state index in [1.54, 1.807) is 6.07 Å². The molecule has 1 spiro atoms. The molecule has 3 heteroatoms. The number of thioether (sulfide) groups is 1. The van der Waals surface area contributed by atoms with E-state index in [0.29, 0.717) is 0 Å². The van der Waals surface area contributed by atoms with Crippen LogP contribution in [0.3, 0.4) is 0 Å². The zero-order chi connectivity index (χ0) is 21.5. The molecule has 2 N–H and O–H groups in total. The third-order valence-electron chi connectivity index (χ3n) is 7.16. The molecule has 1 saturated carbocycles. The highest BCUT2D eigenvalue weighted by Gasteiger charge is 2.53. The van der Waals surface area contributed by atoms with Crippen molar-refractivity contribution in [3.63, 3.8) is 0 Å². The fraction of sp³-hybridized carbons (Fsp3) is 0.407. The summed E-state index contributed by atoms with van der Waals surface area (Å²) in [6, 6.07) is 14.6. The van der Waals surface area contributed by atoms with Crippen LogP contribution >= 0.6 is 11.8 Å². The van der Waals surface area contributed by atoms with Crippen LogP contribution in [0.15, 0.2) is 47.4 Å². The summed E-state index contributed by atoms with van der Waals surface area (Å²) in [4.78, 5) is 0.845. The molecule has 2 nitrogen and oxygen atoms in total. The summed E-state index contributed by atoms with van der Waals surface area (Å²) in [5.74, 6) is 0.492. The van der Waals surface area contributed by atoms with Crippen molar-refractivity contribution in [2.75, 3.05) is 6.26 Å². The van der Waals surface area contributed by atoms with Gasteiger partial charge in [-0.3, -0.25) is 0 Å². The van der Waals surface area contributed by atoms with E-state index in [1.165, 1.54) is 40.4 Å². The van der Waals surface area contributed by atoms with Crippen LogP contribution in [-0.4, -0.2) is 16.5 Å². The number of fused-ring (bicyclic) bond motifs is 7. The van der Waals surface area contributed by atoms with E-state index in [1.807, 2.05) is 12.3 Å². The van der Waals surface area contributed by atoms with Crippen molar-refractivity contribution in [1.82, 2.24) is 0 Å². The van der Waals surface area contributed by atoms with Crippen molar-refractivity contribution < 1.29 is 10.2 Å². The smallest absolute Gasteiger partial charge is 0.129 e. The highest BCUT2D eigenvalue weighted by molar-refractivity contribution is 7.98. The highest BCUT2D eigenvalue weighted by Crippen LogP contribution is 2.64. The summed E-state index contributed by atoms with van der Waals surface area (Å²) in [6.45, 7) is 9.56. The number of hydrogen-bond acceptors (Lipinski definition) is 3. The first kappa shape index (κ1) is 19.8. The molecule has 0 amide bonds. The fourth-order valence-electron chi connectivity index (χ4n) is 7.01. The average molecular weight is 419 g/mol. The quantitative estimate of drug-likeness (QED) is 0.403. The Kier molecular flexibility index (Phi) is 4.09. The first-order valence-corrected chi connectivity index (χ1v) is 12.0. The molecule has 156 valence electrons. The number of phenols is 2. The molecule has 1 fully saturated rings. The summed E-state index contributed by atoms with van der Waals surface area (Å²) in [6.07, 6.45) is 5.33. The van der Waals surface area contributed by atoms with Gasteiger partial charge < -0.3 is 10.2 Å². The fourth-order valence-corrected chi connectivity index (χ4v) is 7.52. The predicted octanol–water partition coefficient (Wildman–Crippen LogP) is 7.48. The van der Waals surface area contributed by atoms with Gasteiger partial charge in [0.25, 0.3) is 0 Å². The van der Waals surface area contributed by atoms with Crippen molar-refractivity contribution >= 4 is 22.5 Å². The molecule has 0 atom stereocenters. The van der Waals surface area contributed by atoms with Crippen LogP contribution in [-0.2, 0) is 5.41 Å². The Balaban J connectivity index is 1.91. The Morgan fingerprint density at radius 2 is 1.43 bits per heavy atom. The molecule has 5 rings (SSSR count). The molecule has 3 aromatic carbocycles. The zero-order valence-electron chi connectivity index (χ0n) is 18.5. The maximum absolute atomic E-state index is 11.1. The van der Waals surface area contributed by atoms with Crippen LogP contribution in [0.2, 0.25) is 0 Å². The molecule has 0 aliphatic heterocycles. The Labute approximate surface area is 183 Å². The second kappa shape index (κ2) is 6.20. The molecule has 0 radical (unpaired) electrons. The van der Waals surface area contributed by atoms with Gasteiger partial charge in [0.05, 0.1) is 0 Å². The lowest BCUT2D eigenvalue weighted by molar-refractivity contribution is 0.0645. The van der Waals surface area contributed by atoms with E-state index in [4.69, 9.17) is 0 Å². The van der Waals surface area contributed by atoms with Gasteiger partial charge in [-0.1, -0.05) is 52.0 Å². The molecule has 0 unspecified atom stereocenters. The Hall–Kier alpha value is -2.13. The Morgan fingerprint density at radius 1 is 0.767 bits per heavy atom. The molecular weight excluding hydrogens is 388 g/mol. The van der Waals surface area contributed by atoms with E-state index < -0.39 is 0 Å². The van der Waals surface area contributed by atoms with Crippen molar-refractivity contribution in [3.8, 4) is 22.6 Å². The molecule has 30 heavy (non-hydrogen) atoms. The van der Waals surface area contributed by atoms with Gasteiger partial charge in [0, 0.05) is 15.7 Å². The predicted molar refractivity (Wildman–Crippen MR) is 127 cm³/mol. The molecule has 0 bridgehead atoms. The second-order valence-corrected chi connectivity index (χ2v) is 11.7. The minimum Gasteiger partial charge on any atom is -0.507 e. The van der Waals surface area contributed by atoms with Crippen LogP contribution < -0.4 is 0 Å². The van der Waals surface area contributed by atoms with Gasteiger partial charge in [-0.15, -0.1) is 11.8 Å². The molecule has 2 aliphatic rings. The third-order valence-corrected chi connectivity index (χ3v) is 7.93. The molecule has 0 heterocycles. The summed E-state index contributed by atoms with van der Waals surface area (Å²) >= 11 is 1.54. The van der Waals surface area contributed by atoms with Gasteiger partial charge >= 0.3 is 0 Å². The normalized spacial score (nSPS) is 20.3. The van der Waals surface area contributed by atoms with Crippen LogP contribution in [0.4, 0.5) is 0 Å². The lowest BCUT2D eigenvalue weighted by Gasteiger charge is -2.51. The van der Waals surface area contributed by atoms with Gasteiger partial charge in [-0.2, -0.15) is 0 Å². The number of rotatable bonds is 1. The number of aromatic hydroxyl groups is 2. The van der Waals surface area contributed by atoms with Gasteiger partial charge in [0.2, 0.25) is 0 Å². The van der Waals surface area contributed by atoms with Gasteiger partial charge in [-0.05, 0) is 82.2 Å². The summed E-state index contributed by atoms with van der Waals surface area (Å²) < 4.78 is 0. The summed E-state index contributed by atoms with van der Waals surface area (Å²) in [5.41, 5.74) is 5.49. The first-order valence-electron chi connectivity index (χ1n) is 10.7. The van der Waals surface area contributed by atoms with Crippen LogP contribution in [0.25, 0.3) is 21.9 Å². The maximum atomic E-state index is 11.1. The Bertz CT molecular complexity index is 1170. The maximum Gasteiger partial charge on any atom is 0.129 e. The van der Waals surface area contributed by atoms with E-state index in [9.17, 15) is 10.2 Å². The standard InChI is InChI=1S/C27H30O2S/c1-25(2)13-26(3,4)15-27(14-25)19-9-7-6-8-16(19)24-18-11-23(30-5)22(29)10-17(18)21(28)12-20(24)27/h6-12,28-29H,13-15H2,1-5H3. The number of phenolic OH excluding ortho intramolecular Hbond substituents is 2. The minimum absolute atomic E-state index is 0.0970. The van der Waals surface area contributed by atoms with Crippen LogP contribution in [0.5, 0.6) is 11.5 Å². The summed E-state index contributed by atoms with van der Waals surface area (Å²) in [7, 11) is 0. The lowest BCUT2D eigenvalue weighted by Crippen LogP contribution is -2.43. The van der Waals surface area contributed by atoms with Gasteiger partial charge in [-0.25, -0.2) is 0 Å². The first-order chi connectivity index (χ1) is 14.1. The monoisotopic (exact) mass is 418 g/mol. The molecule has 3 aromatic rings. The van der Waals surface area contributed by atoms with Gasteiger partial charge in [0.15, 0.2) is 0 Å². The molecule has 0 aromatic heterocycles. The topological polar surface area (TPSA) is 40.5 Å². The highest BCUT2D eigenvalue weighted by atomic mass is 32.2. The number of benzene rings is 3. The third kappa shape index (κ3) is 2.71. The van der Waals surface area contributed by atoms with E-state index in [-0.39, 0.29) is 27.7 Å². The average Bonchev–Trinajstić information content (AvgIpc) is 2.88. The summed E-state index contributed by atoms with van der Waals surface area (Å²) in [5, 5.41) is 23.2. The van der Waals surface area contributed by atoms with Gasteiger partial charge in [0.1, 0.15) is 11.5 Å².